The summed E-state index contributed by atoms with van der Waals surface area (Å²) >= 11 is 0. The molecule has 0 bridgehead atoms. The fourth-order valence-electron chi connectivity index (χ4n) is 18.2. The van der Waals surface area contributed by atoms with Crippen LogP contribution in [-0.2, 0) is 10.8 Å². The van der Waals surface area contributed by atoms with E-state index in [9.17, 15) is 11.0 Å². The third kappa shape index (κ3) is 11.3. The third-order valence-electron chi connectivity index (χ3n) is 23.9. The molecule has 2 aliphatic heterocycles. The maximum absolute atomic E-state index is 10.0. The average Bonchev–Trinajstić information content (AvgIpc) is 1.22. The highest BCUT2D eigenvalue weighted by atomic mass is 16.3. The Bertz CT molecular complexity index is 7650. The number of para-hydroxylation sites is 4. The lowest BCUT2D eigenvalue weighted by Crippen LogP contribution is -2.61. The summed E-state index contributed by atoms with van der Waals surface area (Å²) in [5.74, 6) is 0. The lowest BCUT2D eigenvalue weighted by molar-refractivity contribution is 0.590. The Morgan fingerprint density at radius 2 is 0.603 bits per heavy atom. The number of benzene rings is 17. The van der Waals surface area contributed by atoms with E-state index in [0.29, 0.717) is 11.4 Å². The molecule has 0 radical (unpaired) electrons. The van der Waals surface area contributed by atoms with Gasteiger partial charge in [-0.25, -0.2) is 0 Å². The molecule has 5 nitrogen and oxygen atoms in total. The molecule has 5 heterocycles. The van der Waals surface area contributed by atoms with Crippen LogP contribution in [0.2, 0.25) is 0 Å². The Morgan fingerprint density at radius 3 is 1.03 bits per heavy atom. The molecule has 17 aromatic carbocycles. The molecule has 22 rings (SSSR count). The van der Waals surface area contributed by atoms with Crippen LogP contribution in [0.1, 0.15) is 63.6 Å². The molecule has 0 amide bonds. The van der Waals surface area contributed by atoms with Gasteiger partial charge in [0.25, 0.3) is 6.71 Å². The van der Waals surface area contributed by atoms with Gasteiger partial charge in [0.05, 0.1) is 33.4 Å². The molecule has 550 valence electrons. The van der Waals surface area contributed by atoms with E-state index < -0.39 is 55.1 Å². The summed E-state index contributed by atoms with van der Waals surface area (Å²) in [6.07, 6.45) is 0. The van der Waals surface area contributed by atoms with Crippen LogP contribution in [0, 0.1) is 0 Å². The lowest BCUT2D eigenvalue weighted by atomic mass is 9.33. The Kier molecular flexibility index (Phi) is 13.9. The highest BCUT2D eigenvalue weighted by Crippen LogP contribution is 2.56. The minimum absolute atomic E-state index is 0.0122. The fourth-order valence-corrected chi connectivity index (χ4v) is 18.2. The standard InChI is InChI=1S/C110H80BN3O2/c1-109(2,3)81-50-43-69(44-51-81)78-61-88(71-27-11-7-12-28-71)107(89(62-78)72-29-13-8-14-30-72)113-98-65-77(75-48-57-104-92(59-75)86-37-21-25-41-102(86)115-104)47-55-94(98)111-95-56-54-83(112-96-39-23-19-35-84(96)85-36-20-24-40-97(85)112)68-99(95)114(101-67-80(66-100(113)106(101)111)76-49-58-105-93(60-76)87-38-22-26-42-103(87)116-105)108-90(73-31-15-9-16-32-73)63-79(64-91(108)74-33-17-10-18-34-74)70-45-52-82(53-46-70)110(4,5)6/h7-68H,1-6H3/i19D,20D,23D,24D,35D,36D,39D,40D. The zero-order chi connectivity index (χ0) is 84.6. The predicted molar refractivity (Wildman–Crippen MR) is 490 cm³/mol. The molecule has 0 unspecified atom stereocenters. The molecule has 3 aromatic heterocycles. The molecule has 0 fully saturated rings. The van der Waals surface area contributed by atoms with Crippen molar-refractivity contribution in [3.05, 3.63) is 387 Å². The molecular formula is C110H80BN3O2. The van der Waals surface area contributed by atoms with Crippen molar-refractivity contribution in [1.82, 2.24) is 4.57 Å². The van der Waals surface area contributed by atoms with Gasteiger partial charge in [-0.15, -0.1) is 0 Å². The summed E-state index contributed by atoms with van der Waals surface area (Å²) in [6.45, 7) is 12.9. The van der Waals surface area contributed by atoms with Crippen LogP contribution >= 0.6 is 0 Å². The van der Waals surface area contributed by atoms with E-state index in [1.165, 1.54) is 11.1 Å². The maximum Gasteiger partial charge on any atom is 0.252 e. The van der Waals surface area contributed by atoms with E-state index in [1.807, 2.05) is 30.3 Å². The van der Waals surface area contributed by atoms with Crippen LogP contribution < -0.4 is 26.2 Å². The number of aromatic nitrogens is 1. The smallest absolute Gasteiger partial charge is 0.252 e. The molecule has 0 spiro atoms. The van der Waals surface area contributed by atoms with Gasteiger partial charge in [-0.2, -0.15) is 0 Å². The van der Waals surface area contributed by atoms with Gasteiger partial charge in [0.15, 0.2) is 0 Å². The summed E-state index contributed by atoms with van der Waals surface area (Å²) in [7, 11) is 0. The van der Waals surface area contributed by atoms with Gasteiger partial charge >= 0.3 is 0 Å². The molecule has 0 atom stereocenters. The first-order valence-corrected chi connectivity index (χ1v) is 39.8. The Labute approximate surface area is 687 Å². The second-order valence-corrected chi connectivity index (χ2v) is 32.9. The molecule has 116 heavy (non-hydrogen) atoms. The van der Waals surface area contributed by atoms with Gasteiger partial charge in [-0.1, -0.05) is 314 Å². The van der Waals surface area contributed by atoms with Gasteiger partial charge in [-0.05, 0) is 208 Å². The first-order chi connectivity index (χ1) is 60.1. The van der Waals surface area contributed by atoms with Crippen LogP contribution in [0.25, 0.3) is 160 Å². The van der Waals surface area contributed by atoms with Crippen LogP contribution in [0.15, 0.2) is 385 Å². The summed E-state index contributed by atoms with van der Waals surface area (Å²) in [6, 6.07) is 114. The molecule has 0 aliphatic carbocycles. The van der Waals surface area contributed by atoms with E-state index in [-0.39, 0.29) is 32.6 Å². The molecule has 0 saturated heterocycles. The molecule has 6 heteroatoms. The zero-order valence-corrected chi connectivity index (χ0v) is 64.9. The maximum atomic E-state index is 10.0. The Balaban J connectivity index is 0.935. The SMILES string of the molecule is [2H]c1c([2H])c([2H])c2c(c1[2H])c1c([2H])c([2H])c([2H])c([2H])c1n2-c1ccc2c(c1)N(c1c(-c3ccccc3)cc(-c3ccc(C(C)(C)C)cc3)cc1-c1ccccc1)c1cc(-c3ccc4oc5ccccc5c4c3)cc3c1B2c1ccc(-c2ccc4oc5ccccc5c4c2)cc1N3c1c(-c2ccccc2)cc(-c2ccc(C(C)(C)C)cc2)cc1-c1ccccc1. The van der Waals surface area contributed by atoms with E-state index in [0.717, 1.165) is 178 Å². The van der Waals surface area contributed by atoms with Gasteiger partial charge in [0.1, 0.15) is 22.3 Å². The monoisotopic (exact) mass is 1490 g/mol. The van der Waals surface area contributed by atoms with Crippen molar-refractivity contribution >= 4 is 123 Å². The van der Waals surface area contributed by atoms with Crippen LogP contribution in [-0.4, -0.2) is 11.3 Å². The predicted octanol–water partition coefficient (Wildman–Crippen LogP) is 28.6. The van der Waals surface area contributed by atoms with Crippen molar-refractivity contribution in [2.24, 2.45) is 0 Å². The highest BCUT2D eigenvalue weighted by molar-refractivity contribution is 7.00. The van der Waals surface area contributed by atoms with E-state index in [2.05, 4.69) is 349 Å². The van der Waals surface area contributed by atoms with Crippen molar-refractivity contribution in [1.29, 1.82) is 0 Å². The molecule has 0 N–H and O–H groups in total. The van der Waals surface area contributed by atoms with Crippen molar-refractivity contribution in [3.8, 4) is 94.7 Å². The first kappa shape index (κ1) is 60.5. The quantitative estimate of drug-likeness (QED) is 0.121. The van der Waals surface area contributed by atoms with Gasteiger partial charge in [0.2, 0.25) is 0 Å². The second-order valence-electron chi connectivity index (χ2n) is 32.9. The largest absolute Gasteiger partial charge is 0.456 e. The van der Waals surface area contributed by atoms with E-state index >= 15 is 0 Å². The summed E-state index contributed by atoms with van der Waals surface area (Å²) < 4.78 is 91.6. The summed E-state index contributed by atoms with van der Waals surface area (Å²) in [4.78, 5) is 5.02. The number of anilines is 6. The van der Waals surface area contributed by atoms with E-state index in [1.54, 1.807) is 4.57 Å². The van der Waals surface area contributed by atoms with Crippen molar-refractivity contribution in [2.45, 2.75) is 52.4 Å². The van der Waals surface area contributed by atoms with Crippen LogP contribution in [0.4, 0.5) is 34.1 Å². The van der Waals surface area contributed by atoms with Gasteiger partial charge in [0, 0.05) is 83.0 Å². The first-order valence-electron chi connectivity index (χ1n) is 43.8. The lowest BCUT2D eigenvalue weighted by Gasteiger charge is -2.46. The minimum Gasteiger partial charge on any atom is -0.456 e. The van der Waals surface area contributed by atoms with E-state index in [4.69, 9.17) is 8.83 Å². The Morgan fingerprint density at radius 1 is 0.267 bits per heavy atom. The summed E-state index contributed by atoms with van der Waals surface area (Å²) in [5.41, 5.74) is 29.4. The number of nitrogens with zero attached hydrogens (tertiary/aromatic N) is 3. The fraction of sp³-hybridized carbons (Fsp3) is 0.0727. The Hall–Kier alpha value is -14.2. The molecule has 20 aromatic rings. The number of hydrogen-bond acceptors (Lipinski definition) is 4. The topological polar surface area (TPSA) is 37.7 Å². The summed E-state index contributed by atoms with van der Waals surface area (Å²) in [5, 5.41) is 3.92. The molecule has 2 aliphatic rings. The number of hydrogen-bond donors (Lipinski definition) is 0. The number of furan rings is 2. The molecule has 0 saturated carbocycles. The third-order valence-corrected chi connectivity index (χ3v) is 23.9. The average molecular weight is 1490 g/mol. The van der Waals surface area contributed by atoms with Crippen LogP contribution in [0.5, 0.6) is 0 Å². The van der Waals surface area contributed by atoms with Crippen molar-refractivity contribution in [2.75, 3.05) is 9.80 Å². The molecular weight excluding hydrogens is 1410 g/mol. The van der Waals surface area contributed by atoms with Crippen molar-refractivity contribution in [3.63, 3.8) is 0 Å². The van der Waals surface area contributed by atoms with Crippen molar-refractivity contribution < 1.29 is 19.8 Å². The highest BCUT2D eigenvalue weighted by Gasteiger charge is 2.46. The number of rotatable bonds is 11. The normalized spacial score (nSPS) is 13.7. The zero-order valence-electron chi connectivity index (χ0n) is 72.9. The van der Waals surface area contributed by atoms with Gasteiger partial charge in [-0.3, -0.25) is 0 Å². The second kappa shape index (κ2) is 26.7. The minimum atomic E-state index is -0.588. The van der Waals surface area contributed by atoms with Crippen LogP contribution in [0.3, 0.4) is 0 Å². The number of fused-ring (bicyclic) bond motifs is 13. The van der Waals surface area contributed by atoms with Gasteiger partial charge < -0.3 is 23.2 Å².